The minimum Gasteiger partial charge on any atom is -0.493 e. The molecule has 0 aliphatic rings. The van der Waals surface area contributed by atoms with Gasteiger partial charge in [-0.3, -0.25) is 0 Å². The molecule has 2 N–H and O–H groups in total. The van der Waals surface area contributed by atoms with E-state index in [9.17, 15) is 4.79 Å². The molecule has 0 aliphatic carbocycles. The number of amides is 2. The van der Waals surface area contributed by atoms with Gasteiger partial charge in [0.1, 0.15) is 0 Å². The van der Waals surface area contributed by atoms with Gasteiger partial charge in [0.2, 0.25) is 0 Å². The molecule has 0 atom stereocenters. The van der Waals surface area contributed by atoms with E-state index in [0.29, 0.717) is 21.5 Å². The van der Waals surface area contributed by atoms with Crippen molar-refractivity contribution in [3.8, 4) is 5.75 Å². The number of carbonyl (C=O) groups excluding carboxylic acids is 1. The average Bonchev–Trinajstić information content (AvgIpc) is 2.15. The fourth-order valence-electron chi connectivity index (χ4n) is 1.28. The third-order valence-corrected chi connectivity index (χ3v) is 2.38. The third-order valence-electron chi connectivity index (χ3n) is 1.88. The highest BCUT2D eigenvalue weighted by Crippen LogP contribution is 2.35. The highest BCUT2D eigenvalue weighted by atomic mass is 35.5. The van der Waals surface area contributed by atoms with Crippen LogP contribution in [0.5, 0.6) is 5.75 Å². The van der Waals surface area contributed by atoms with Gasteiger partial charge in [0, 0.05) is 11.1 Å². The van der Waals surface area contributed by atoms with Crippen LogP contribution >= 0.6 is 23.2 Å². The van der Waals surface area contributed by atoms with Crippen LogP contribution in [0.1, 0.15) is 13.8 Å². The maximum Gasteiger partial charge on any atom is 0.319 e. The number of hydrogen-bond acceptors (Lipinski definition) is 2. The van der Waals surface area contributed by atoms with Crippen LogP contribution in [-0.2, 0) is 0 Å². The zero-order chi connectivity index (χ0) is 13.0. The van der Waals surface area contributed by atoms with E-state index in [1.54, 1.807) is 12.1 Å². The minimum atomic E-state index is -0.336. The molecule has 17 heavy (non-hydrogen) atoms. The summed E-state index contributed by atoms with van der Waals surface area (Å²) in [6.07, 6.45) is 0. The van der Waals surface area contributed by atoms with Crippen molar-refractivity contribution >= 4 is 34.9 Å². The number of methoxy groups -OCH3 is 1. The summed E-state index contributed by atoms with van der Waals surface area (Å²) in [7, 11) is 1.47. The zero-order valence-electron chi connectivity index (χ0n) is 9.80. The van der Waals surface area contributed by atoms with Gasteiger partial charge in [-0.25, -0.2) is 4.79 Å². The monoisotopic (exact) mass is 276 g/mol. The Kier molecular flexibility index (Phi) is 4.90. The van der Waals surface area contributed by atoms with E-state index < -0.39 is 0 Å². The van der Waals surface area contributed by atoms with Crippen molar-refractivity contribution in [3.05, 3.63) is 22.2 Å². The van der Waals surface area contributed by atoms with Gasteiger partial charge < -0.3 is 15.4 Å². The summed E-state index contributed by atoms with van der Waals surface area (Å²) >= 11 is 11.8. The topological polar surface area (TPSA) is 50.4 Å². The Hall–Kier alpha value is -1.13. The van der Waals surface area contributed by atoms with Crippen molar-refractivity contribution in [1.82, 2.24) is 5.32 Å². The lowest BCUT2D eigenvalue weighted by atomic mass is 10.3. The van der Waals surface area contributed by atoms with Crippen LogP contribution in [0.15, 0.2) is 12.1 Å². The molecule has 0 bridgehead atoms. The van der Waals surface area contributed by atoms with Gasteiger partial charge in [-0.05, 0) is 26.0 Å². The van der Waals surface area contributed by atoms with E-state index in [0.717, 1.165) is 0 Å². The second kappa shape index (κ2) is 5.98. The Morgan fingerprint density at radius 1 is 1.35 bits per heavy atom. The average molecular weight is 277 g/mol. The Morgan fingerprint density at radius 2 is 2.00 bits per heavy atom. The lowest BCUT2D eigenvalue weighted by Gasteiger charge is -2.14. The van der Waals surface area contributed by atoms with Crippen molar-refractivity contribution in [3.63, 3.8) is 0 Å². The number of carbonyl (C=O) groups is 1. The molecule has 4 nitrogen and oxygen atoms in total. The first-order chi connectivity index (χ1) is 7.93. The van der Waals surface area contributed by atoms with Crippen molar-refractivity contribution < 1.29 is 9.53 Å². The fraction of sp³-hybridized carbons (Fsp3) is 0.364. The first-order valence-electron chi connectivity index (χ1n) is 5.04. The van der Waals surface area contributed by atoms with Gasteiger partial charge in [0.15, 0.2) is 5.75 Å². The highest BCUT2D eigenvalue weighted by molar-refractivity contribution is 6.36. The second-order valence-corrected chi connectivity index (χ2v) is 4.57. The molecule has 0 aromatic heterocycles. The lowest BCUT2D eigenvalue weighted by molar-refractivity contribution is 0.250. The molecule has 2 amide bonds. The van der Waals surface area contributed by atoms with Gasteiger partial charge in [-0.15, -0.1) is 0 Å². The van der Waals surface area contributed by atoms with Crippen LogP contribution in [-0.4, -0.2) is 19.2 Å². The summed E-state index contributed by atoms with van der Waals surface area (Å²) in [6, 6.07) is 2.83. The molecule has 1 rings (SSSR count). The highest BCUT2D eigenvalue weighted by Gasteiger charge is 2.12. The molecule has 0 saturated carbocycles. The van der Waals surface area contributed by atoms with E-state index in [-0.39, 0.29) is 12.1 Å². The van der Waals surface area contributed by atoms with Crippen LogP contribution in [0.2, 0.25) is 10.0 Å². The molecule has 0 fully saturated rings. The van der Waals surface area contributed by atoms with E-state index in [1.165, 1.54) is 7.11 Å². The van der Waals surface area contributed by atoms with E-state index in [2.05, 4.69) is 10.6 Å². The van der Waals surface area contributed by atoms with Crippen LogP contribution in [0, 0.1) is 0 Å². The van der Waals surface area contributed by atoms with Crippen molar-refractivity contribution in [2.75, 3.05) is 12.4 Å². The lowest BCUT2D eigenvalue weighted by Crippen LogP contribution is -2.34. The number of benzene rings is 1. The molecular formula is C11H14Cl2N2O2. The van der Waals surface area contributed by atoms with E-state index >= 15 is 0 Å². The summed E-state index contributed by atoms with van der Waals surface area (Å²) in [5.41, 5.74) is 0.433. The SMILES string of the molecule is COc1c(Cl)cc(Cl)cc1NC(=O)NC(C)C. The van der Waals surface area contributed by atoms with Gasteiger partial charge in [0.05, 0.1) is 17.8 Å². The molecule has 0 saturated heterocycles. The standard InChI is InChI=1S/C11H14Cl2N2O2/c1-6(2)14-11(16)15-9-5-7(12)4-8(13)10(9)17-3/h4-6H,1-3H3,(H2,14,15,16). The van der Waals surface area contributed by atoms with Crippen LogP contribution in [0.4, 0.5) is 10.5 Å². The summed E-state index contributed by atoms with van der Waals surface area (Å²) in [5, 5.41) is 6.09. The van der Waals surface area contributed by atoms with Crippen LogP contribution in [0.3, 0.4) is 0 Å². The second-order valence-electron chi connectivity index (χ2n) is 3.72. The van der Waals surface area contributed by atoms with Gasteiger partial charge in [0.25, 0.3) is 0 Å². The molecular weight excluding hydrogens is 263 g/mol. The maximum atomic E-state index is 11.5. The van der Waals surface area contributed by atoms with Crippen LogP contribution in [0.25, 0.3) is 0 Å². The van der Waals surface area contributed by atoms with Gasteiger partial charge >= 0.3 is 6.03 Å². The zero-order valence-corrected chi connectivity index (χ0v) is 11.3. The quantitative estimate of drug-likeness (QED) is 0.887. The molecule has 0 unspecified atom stereocenters. The largest absolute Gasteiger partial charge is 0.493 e. The predicted molar refractivity (Wildman–Crippen MR) is 70.3 cm³/mol. The van der Waals surface area contributed by atoms with Crippen LogP contribution < -0.4 is 15.4 Å². The number of hydrogen-bond donors (Lipinski definition) is 2. The molecule has 0 heterocycles. The molecule has 1 aromatic carbocycles. The summed E-state index contributed by atoms with van der Waals surface area (Å²) in [5.74, 6) is 0.384. The van der Waals surface area contributed by atoms with E-state index in [1.807, 2.05) is 13.8 Å². The molecule has 0 radical (unpaired) electrons. The van der Waals surface area contributed by atoms with Gasteiger partial charge in [-0.1, -0.05) is 23.2 Å². The Labute approximate surface area is 110 Å². The summed E-state index contributed by atoms with van der Waals surface area (Å²) < 4.78 is 5.10. The molecule has 1 aromatic rings. The normalized spacial score (nSPS) is 10.2. The number of halogens is 2. The van der Waals surface area contributed by atoms with Crippen molar-refractivity contribution in [1.29, 1.82) is 0 Å². The molecule has 0 aliphatic heterocycles. The smallest absolute Gasteiger partial charge is 0.319 e. The van der Waals surface area contributed by atoms with Gasteiger partial charge in [-0.2, -0.15) is 0 Å². The van der Waals surface area contributed by atoms with Crippen molar-refractivity contribution in [2.24, 2.45) is 0 Å². The number of rotatable bonds is 3. The fourth-order valence-corrected chi connectivity index (χ4v) is 1.85. The number of nitrogens with one attached hydrogen (secondary N) is 2. The molecule has 0 spiro atoms. The Bertz CT molecular complexity index is 422. The Morgan fingerprint density at radius 3 is 2.53 bits per heavy atom. The minimum absolute atomic E-state index is 0.0376. The predicted octanol–water partition coefficient (Wildman–Crippen LogP) is 3.53. The molecule has 94 valence electrons. The first kappa shape index (κ1) is 13.9. The third kappa shape index (κ3) is 3.98. The maximum absolute atomic E-state index is 11.5. The summed E-state index contributed by atoms with van der Waals surface area (Å²) in [4.78, 5) is 11.5. The summed E-state index contributed by atoms with van der Waals surface area (Å²) in [6.45, 7) is 3.73. The Balaban J connectivity index is 2.93. The number of ether oxygens (including phenoxy) is 1. The molecule has 6 heteroatoms. The number of urea groups is 1. The number of anilines is 1. The van der Waals surface area contributed by atoms with Crippen molar-refractivity contribution in [2.45, 2.75) is 19.9 Å². The van der Waals surface area contributed by atoms with E-state index in [4.69, 9.17) is 27.9 Å². The first-order valence-corrected chi connectivity index (χ1v) is 5.80.